The van der Waals surface area contributed by atoms with Crippen LogP contribution in [0.15, 0.2) is 0 Å². The van der Waals surface area contributed by atoms with Gasteiger partial charge in [-0.25, -0.2) is 4.79 Å². The Labute approximate surface area is 62.2 Å². The van der Waals surface area contributed by atoms with E-state index >= 15 is 0 Å². The molecule has 1 N–H and O–H groups in total. The Morgan fingerprint density at radius 3 is 2.60 bits per heavy atom. The number of carbonyl (C=O) groups is 2. The number of carboxylic acids is 1. The van der Waals surface area contributed by atoms with Crippen molar-refractivity contribution in [2.75, 3.05) is 18.2 Å². The number of aliphatic carboxylic acids is 1. The number of hydrogen-bond donors (Lipinski definition) is 1. The Morgan fingerprint density at radius 2 is 2.20 bits per heavy atom. The van der Waals surface area contributed by atoms with Gasteiger partial charge in [-0.1, -0.05) is 0 Å². The molecular weight excluding hydrogens is 154 g/mol. The molecule has 1 aliphatic heterocycles. The highest BCUT2D eigenvalue weighted by molar-refractivity contribution is 7.99. The van der Waals surface area contributed by atoms with Gasteiger partial charge in [-0.2, -0.15) is 0 Å². The summed E-state index contributed by atoms with van der Waals surface area (Å²) in [6.45, 7) is 0.565. The molecule has 10 heavy (non-hydrogen) atoms. The average Bonchev–Trinajstić information content (AvgIpc) is 2.36. The molecule has 0 atom stereocenters. The number of hydrogen-bond acceptors (Lipinski definition) is 3. The maximum atomic E-state index is 10.7. The van der Waals surface area contributed by atoms with Gasteiger partial charge < -0.3 is 10.0 Å². The molecule has 0 saturated carbocycles. The van der Waals surface area contributed by atoms with E-state index in [2.05, 4.69) is 0 Å². The molecule has 1 heterocycles. The topological polar surface area (TPSA) is 57.6 Å². The average molecular weight is 161 g/mol. The van der Waals surface area contributed by atoms with Crippen molar-refractivity contribution in [3.8, 4) is 0 Å². The van der Waals surface area contributed by atoms with E-state index in [-0.39, 0.29) is 0 Å². The number of amides is 1. The van der Waals surface area contributed by atoms with Crippen LogP contribution in [0, 0.1) is 0 Å². The van der Waals surface area contributed by atoms with Gasteiger partial charge in [0.25, 0.3) is 0 Å². The van der Waals surface area contributed by atoms with Crippen molar-refractivity contribution in [2.24, 2.45) is 0 Å². The smallest absolute Gasteiger partial charge is 0.394 e. The highest BCUT2D eigenvalue weighted by Gasteiger charge is 2.23. The minimum atomic E-state index is -1.36. The Balaban J connectivity index is 2.48. The lowest BCUT2D eigenvalue weighted by Crippen LogP contribution is -2.33. The summed E-state index contributed by atoms with van der Waals surface area (Å²) < 4.78 is 0. The Kier molecular flexibility index (Phi) is 2.16. The summed E-state index contributed by atoms with van der Waals surface area (Å²) in [6.07, 6.45) is 0. The second-order valence-corrected chi connectivity index (χ2v) is 2.99. The third kappa shape index (κ3) is 1.41. The summed E-state index contributed by atoms with van der Waals surface area (Å²) in [5.74, 6) is -0.781. The van der Waals surface area contributed by atoms with Crippen LogP contribution in [0.1, 0.15) is 0 Å². The molecule has 1 amide bonds. The van der Waals surface area contributed by atoms with Crippen LogP contribution < -0.4 is 0 Å². The predicted octanol–water partition coefficient (Wildman–Crippen LogP) is -0.396. The first-order valence-corrected chi connectivity index (χ1v) is 3.97. The van der Waals surface area contributed by atoms with Crippen LogP contribution in [0.2, 0.25) is 0 Å². The van der Waals surface area contributed by atoms with Gasteiger partial charge in [0.05, 0.1) is 5.88 Å². The lowest BCUT2D eigenvalue weighted by molar-refractivity contribution is -0.155. The summed E-state index contributed by atoms with van der Waals surface area (Å²) in [7, 11) is 0. The molecule has 0 unspecified atom stereocenters. The zero-order valence-corrected chi connectivity index (χ0v) is 6.06. The molecule has 0 aromatic carbocycles. The first-order chi connectivity index (χ1) is 4.72. The van der Waals surface area contributed by atoms with Crippen LogP contribution in [-0.4, -0.2) is 40.1 Å². The molecule has 1 fully saturated rings. The van der Waals surface area contributed by atoms with E-state index in [9.17, 15) is 9.59 Å². The fourth-order valence-electron chi connectivity index (χ4n) is 0.709. The molecule has 4 nitrogen and oxygen atoms in total. The van der Waals surface area contributed by atoms with Gasteiger partial charge in [0.2, 0.25) is 0 Å². The first-order valence-electron chi connectivity index (χ1n) is 2.82. The van der Waals surface area contributed by atoms with Gasteiger partial charge in [0.15, 0.2) is 0 Å². The molecule has 0 radical (unpaired) electrons. The van der Waals surface area contributed by atoms with Crippen LogP contribution in [0.3, 0.4) is 0 Å². The number of carbonyl (C=O) groups excluding carboxylic acids is 1. The van der Waals surface area contributed by atoms with Crippen molar-refractivity contribution in [1.29, 1.82) is 0 Å². The highest BCUT2D eigenvalue weighted by atomic mass is 32.2. The van der Waals surface area contributed by atoms with E-state index in [0.717, 1.165) is 5.75 Å². The van der Waals surface area contributed by atoms with Crippen molar-refractivity contribution in [3.05, 3.63) is 0 Å². The molecule has 5 heteroatoms. The fourth-order valence-corrected chi connectivity index (χ4v) is 1.65. The SMILES string of the molecule is O=C(O)C(=O)N1CCSC1. The van der Waals surface area contributed by atoms with E-state index in [0.29, 0.717) is 12.4 Å². The normalized spacial score (nSPS) is 17.4. The molecule has 1 rings (SSSR count). The van der Waals surface area contributed by atoms with Crippen molar-refractivity contribution in [2.45, 2.75) is 0 Å². The van der Waals surface area contributed by atoms with Gasteiger partial charge >= 0.3 is 11.9 Å². The van der Waals surface area contributed by atoms with Gasteiger partial charge in [-0.3, -0.25) is 4.79 Å². The lowest BCUT2D eigenvalue weighted by atomic mass is 10.5. The van der Waals surface area contributed by atoms with E-state index in [4.69, 9.17) is 5.11 Å². The summed E-state index contributed by atoms with van der Waals surface area (Å²) in [6, 6.07) is 0. The van der Waals surface area contributed by atoms with Crippen LogP contribution in [0.25, 0.3) is 0 Å². The fraction of sp³-hybridized carbons (Fsp3) is 0.600. The summed E-state index contributed by atoms with van der Waals surface area (Å²) >= 11 is 1.57. The van der Waals surface area contributed by atoms with Crippen LogP contribution in [0.4, 0.5) is 0 Å². The number of nitrogens with zero attached hydrogens (tertiary/aromatic N) is 1. The molecule has 0 bridgehead atoms. The molecule has 0 spiro atoms. The maximum Gasteiger partial charge on any atom is 0.394 e. The Bertz CT molecular complexity index is 164. The molecule has 0 aromatic heterocycles. The minimum absolute atomic E-state index is 0.519. The summed E-state index contributed by atoms with van der Waals surface area (Å²) in [5, 5.41) is 8.24. The monoisotopic (exact) mass is 161 g/mol. The van der Waals surface area contributed by atoms with E-state index < -0.39 is 11.9 Å². The maximum absolute atomic E-state index is 10.7. The largest absolute Gasteiger partial charge is 0.474 e. The molecular formula is C5H7NO3S. The standard InChI is InChI=1S/C5H7NO3S/c7-4(5(8)9)6-1-2-10-3-6/h1-3H2,(H,8,9). The number of carboxylic acid groups (broad SMARTS) is 1. The van der Waals surface area contributed by atoms with Gasteiger partial charge in [-0.05, 0) is 0 Å². The molecule has 0 aliphatic carbocycles. The molecule has 56 valence electrons. The molecule has 1 saturated heterocycles. The molecule has 1 aliphatic rings. The predicted molar refractivity (Wildman–Crippen MR) is 36.7 cm³/mol. The number of thioether (sulfide) groups is 1. The summed E-state index contributed by atoms with van der Waals surface area (Å²) in [4.78, 5) is 22.1. The van der Waals surface area contributed by atoms with Gasteiger partial charge in [0, 0.05) is 12.3 Å². The lowest BCUT2D eigenvalue weighted by Gasteiger charge is -2.09. The zero-order valence-electron chi connectivity index (χ0n) is 5.24. The van der Waals surface area contributed by atoms with Crippen molar-refractivity contribution < 1.29 is 14.7 Å². The zero-order chi connectivity index (χ0) is 7.56. The van der Waals surface area contributed by atoms with E-state index in [1.165, 1.54) is 4.90 Å². The third-order valence-corrected chi connectivity index (χ3v) is 2.19. The van der Waals surface area contributed by atoms with Crippen LogP contribution in [-0.2, 0) is 9.59 Å². The second-order valence-electron chi connectivity index (χ2n) is 1.91. The van der Waals surface area contributed by atoms with Crippen LogP contribution >= 0.6 is 11.8 Å². The minimum Gasteiger partial charge on any atom is -0.474 e. The van der Waals surface area contributed by atoms with Crippen molar-refractivity contribution in [1.82, 2.24) is 4.90 Å². The van der Waals surface area contributed by atoms with Crippen molar-refractivity contribution >= 4 is 23.6 Å². The first kappa shape index (κ1) is 7.40. The van der Waals surface area contributed by atoms with Crippen molar-refractivity contribution in [3.63, 3.8) is 0 Å². The van der Waals surface area contributed by atoms with E-state index in [1.807, 2.05) is 0 Å². The quantitative estimate of drug-likeness (QED) is 0.491. The number of rotatable bonds is 0. The highest BCUT2D eigenvalue weighted by Crippen LogP contribution is 2.12. The Morgan fingerprint density at radius 1 is 1.50 bits per heavy atom. The van der Waals surface area contributed by atoms with Gasteiger partial charge in [0.1, 0.15) is 0 Å². The van der Waals surface area contributed by atoms with Crippen LogP contribution in [0.5, 0.6) is 0 Å². The summed E-state index contributed by atoms with van der Waals surface area (Å²) in [5.41, 5.74) is 0. The Hall–Kier alpha value is -0.710. The third-order valence-electron chi connectivity index (χ3n) is 1.22. The second kappa shape index (κ2) is 2.92. The van der Waals surface area contributed by atoms with Gasteiger partial charge in [-0.15, -0.1) is 11.8 Å². The van der Waals surface area contributed by atoms with E-state index in [1.54, 1.807) is 11.8 Å². The molecule has 0 aromatic rings.